The van der Waals surface area contributed by atoms with Crippen molar-refractivity contribution < 1.29 is 4.39 Å². The Kier molecular flexibility index (Phi) is 3.43. The molecule has 0 aliphatic rings. The van der Waals surface area contributed by atoms with Crippen LogP contribution in [0, 0.1) is 0 Å². The van der Waals surface area contributed by atoms with Crippen LogP contribution in [0.2, 0.25) is 5.02 Å². The maximum atomic E-state index is 12.4. The first-order chi connectivity index (χ1) is 8.11. The second-order valence-electron chi connectivity index (χ2n) is 4.15. The summed E-state index contributed by atoms with van der Waals surface area (Å²) in [6.07, 6.45) is 1.59. The van der Waals surface area contributed by atoms with Crippen LogP contribution in [0.5, 0.6) is 0 Å². The number of aromatic nitrogens is 3. The Labute approximate surface area is 104 Å². The normalized spacial score (nSPS) is 11.1. The molecule has 0 spiro atoms. The number of benzene rings is 1. The summed E-state index contributed by atoms with van der Waals surface area (Å²) in [5.41, 5.74) is 2.28. The summed E-state index contributed by atoms with van der Waals surface area (Å²) in [6, 6.07) is 5.56. The van der Waals surface area contributed by atoms with Gasteiger partial charge in [-0.15, -0.1) is 5.10 Å². The first-order valence-electron chi connectivity index (χ1n) is 5.39. The van der Waals surface area contributed by atoms with Crippen molar-refractivity contribution in [2.75, 3.05) is 0 Å². The van der Waals surface area contributed by atoms with Crippen molar-refractivity contribution in [3.8, 4) is 5.69 Å². The lowest BCUT2D eigenvalue weighted by atomic mass is 10.0. The maximum Gasteiger partial charge on any atom is 0.135 e. The second kappa shape index (κ2) is 4.84. The van der Waals surface area contributed by atoms with E-state index in [1.54, 1.807) is 16.9 Å². The Balaban J connectivity index is 2.50. The molecule has 0 unspecified atom stereocenters. The van der Waals surface area contributed by atoms with E-state index in [0.717, 1.165) is 11.3 Å². The van der Waals surface area contributed by atoms with Gasteiger partial charge in [-0.3, -0.25) is 0 Å². The molecule has 0 N–H and O–H groups in total. The van der Waals surface area contributed by atoms with E-state index in [4.69, 9.17) is 11.6 Å². The average molecular weight is 254 g/mol. The standard InChI is InChI=1S/C12H13ClFN3/c1-8(2)11-5-9(13)3-4-12(11)17-7-10(6-14)15-16-17/h3-5,7-8H,6H2,1-2H3. The molecule has 1 aromatic carbocycles. The van der Waals surface area contributed by atoms with Crippen molar-refractivity contribution in [1.82, 2.24) is 15.0 Å². The third-order valence-electron chi connectivity index (χ3n) is 2.54. The third-order valence-corrected chi connectivity index (χ3v) is 2.77. The smallest absolute Gasteiger partial charge is 0.135 e. The maximum absolute atomic E-state index is 12.4. The molecule has 1 aromatic heterocycles. The molecule has 0 aliphatic heterocycles. The molecule has 0 aliphatic carbocycles. The van der Waals surface area contributed by atoms with Gasteiger partial charge in [-0.25, -0.2) is 9.07 Å². The minimum atomic E-state index is -0.607. The Morgan fingerprint density at radius 3 is 2.76 bits per heavy atom. The Hall–Kier alpha value is -1.42. The topological polar surface area (TPSA) is 30.7 Å². The van der Waals surface area contributed by atoms with Gasteiger partial charge in [-0.1, -0.05) is 30.7 Å². The van der Waals surface area contributed by atoms with Gasteiger partial charge in [-0.2, -0.15) is 0 Å². The SMILES string of the molecule is CC(C)c1cc(Cl)ccc1-n1cc(CF)nn1. The van der Waals surface area contributed by atoms with Crippen molar-refractivity contribution in [1.29, 1.82) is 0 Å². The van der Waals surface area contributed by atoms with Gasteiger partial charge in [0, 0.05) is 5.02 Å². The van der Waals surface area contributed by atoms with Gasteiger partial charge in [0.05, 0.1) is 11.9 Å². The van der Waals surface area contributed by atoms with E-state index >= 15 is 0 Å². The van der Waals surface area contributed by atoms with Crippen LogP contribution in [0.15, 0.2) is 24.4 Å². The number of rotatable bonds is 3. The van der Waals surface area contributed by atoms with Crippen LogP contribution in [0.1, 0.15) is 31.0 Å². The van der Waals surface area contributed by atoms with Crippen molar-refractivity contribution in [2.45, 2.75) is 26.4 Å². The van der Waals surface area contributed by atoms with Crippen LogP contribution in [0.25, 0.3) is 5.69 Å². The zero-order chi connectivity index (χ0) is 12.4. The summed E-state index contributed by atoms with van der Waals surface area (Å²) in [5, 5.41) is 8.34. The molecule has 1 heterocycles. The predicted octanol–water partition coefficient (Wildman–Crippen LogP) is 3.51. The lowest BCUT2D eigenvalue weighted by Crippen LogP contribution is -2.02. The van der Waals surface area contributed by atoms with E-state index in [9.17, 15) is 4.39 Å². The highest BCUT2D eigenvalue weighted by molar-refractivity contribution is 6.30. The minimum Gasteiger partial charge on any atom is -0.244 e. The summed E-state index contributed by atoms with van der Waals surface area (Å²) in [4.78, 5) is 0. The molecular weight excluding hydrogens is 241 g/mol. The molecule has 0 radical (unpaired) electrons. The Bertz CT molecular complexity index is 522. The van der Waals surface area contributed by atoms with Crippen LogP contribution >= 0.6 is 11.6 Å². The molecule has 0 saturated carbocycles. The predicted molar refractivity (Wildman–Crippen MR) is 65.3 cm³/mol. The van der Waals surface area contributed by atoms with Gasteiger partial charge in [0.1, 0.15) is 12.4 Å². The van der Waals surface area contributed by atoms with Gasteiger partial charge < -0.3 is 0 Å². The fraction of sp³-hybridized carbons (Fsp3) is 0.333. The van der Waals surface area contributed by atoms with E-state index in [1.807, 2.05) is 12.1 Å². The summed E-state index contributed by atoms with van der Waals surface area (Å²) in [5.74, 6) is 0.307. The fourth-order valence-corrected chi connectivity index (χ4v) is 1.85. The average Bonchev–Trinajstić information content (AvgIpc) is 2.77. The number of nitrogens with zero attached hydrogens (tertiary/aromatic N) is 3. The van der Waals surface area contributed by atoms with Crippen molar-refractivity contribution in [3.05, 3.63) is 40.7 Å². The summed E-state index contributed by atoms with van der Waals surface area (Å²) < 4.78 is 14.0. The highest BCUT2D eigenvalue weighted by atomic mass is 35.5. The molecule has 0 bridgehead atoms. The van der Waals surface area contributed by atoms with E-state index in [0.29, 0.717) is 16.6 Å². The van der Waals surface area contributed by atoms with Crippen LogP contribution in [-0.2, 0) is 6.67 Å². The molecule has 0 amide bonds. The number of halogens is 2. The van der Waals surface area contributed by atoms with Gasteiger partial charge in [0.25, 0.3) is 0 Å². The van der Waals surface area contributed by atoms with Crippen LogP contribution in [0.4, 0.5) is 4.39 Å². The first-order valence-corrected chi connectivity index (χ1v) is 5.76. The quantitative estimate of drug-likeness (QED) is 0.838. The lowest BCUT2D eigenvalue weighted by Gasteiger charge is -2.12. The molecule has 2 rings (SSSR count). The van der Waals surface area contributed by atoms with Crippen LogP contribution in [-0.4, -0.2) is 15.0 Å². The fourth-order valence-electron chi connectivity index (χ4n) is 1.67. The zero-order valence-electron chi connectivity index (χ0n) is 9.69. The number of hydrogen-bond acceptors (Lipinski definition) is 2. The largest absolute Gasteiger partial charge is 0.244 e. The lowest BCUT2D eigenvalue weighted by molar-refractivity contribution is 0.475. The second-order valence-corrected chi connectivity index (χ2v) is 4.58. The molecule has 0 fully saturated rings. The first kappa shape index (κ1) is 12.0. The minimum absolute atomic E-state index is 0.307. The van der Waals surface area contributed by atoms with Crippen molar-refractivity contribution in [3.63, 3.8) is 0 Å². The van der Waals surface area contributed by atoms with Crippen molar-refractivity contribution in [2.24, 2.45) is 0 Å². The van der Waals surface area contributed by atoms with Crippen LogP contribution < -0.4 is 0 Å². The number of alkyl halides is 1. The van der Waals surface area contributed by atoms with Crippen molar-refractivity contribution >= 4 is 11.6 Å². The summed E-state index contributed by atoms with van der Waals surface area (Å²) >= 11 is 5.98. The molecular formula is C12H13ClFN3. The van der Waals surface area contributed by atoms with Gasteiger partial charge >= 0.3 is 0 Å². The van der Waals surface area contributed by atoms with Crippen LogP contribution in [0.3, 0.4) is 0 Å². The van der Waals surface area contributed by atoms with Gasteiger partial charge in [0.2, 0.25) is 0 Å². The summed E-state index contributed by atoms with van der Waals surface area (Å²) in [6.45, 7) is 3.54. The zero-order valence-corrected chi connectivity index (χ0v) is 10.4. The summed E-state index contributed by atoms with van der Waals surface area (Å²) in [7, 11) is 0. The molecule has 5 heteroatoms. The molecule has 17 heavy (non-hydrogen) atoms. The van der Waals surface area contributed by atoms with E-state index < -0.39 is 6.67 Å². The van der Waals surface area contributed by atoms with E-state index in [-0.39, 0.29) is 0 Å². The Morgan fingerprint density at radius 2 is 2.18 bits per heavy atom. The highest BCUT2D eigenvalue weighted by Gasteiger charge is 2.11. The van der Waals surface area contributed by atoms with Gasteiger partial charge in [-0.05, 0) is 29.7 Å². The molecule has 0 saturated heterocycles. The Morgan fingerprint density at radius 1 is 1.41 bits per heavy atom. The third kappa shape index (κ3) is 2.47. The number of hydrogen-bond donors (Lipinski definition) is 0. The molecule has 2 aromatic rings. The monoisotopic (exact) mass is 253 g/mol. The molecule has 90 valence electrons. The highest BCUT2D eigenvalue weighted by Crippen LogP contribution is 2.26. The van der Waals surface area contributed by atoms with E-state index in [2.05, 4.69) is 24.2 Å². The van der Waals surface area contributed by atoms with E-state index in [1.165, 1.54) is 0 Å². The molecule has 3 nitrogen and oxygen atoms in total. The van der Waals surface area contributed by atoms with Gasteiger partial charge in [0.15, 0.2) is 0 Å². The molecule has 0 atom stereocenters.